The number of fused-ring (bicyclic) bond motifs is 1. The molecule has 0 radical (unpaired) electrons. The zero-order valence-corrected chi connectivity index (χ0v) is 14.9. The van der Waals surface area contributed by atoms with Gasteiger partial charge >= 0.3 is 18.3 Å². The van der Waals surface area contributed by atoms with Crippen LogP contribution in [0.1, 0.15) is 11.1 Å². The van der Waals surface area contributed by atoms with Crippen LogP contribution in [0, 0.1) is 0 Å². The lowest BCUT2D eigenvalue weighted by atomic mass is 9.89. The van der Waals surface area contributed by atoms with Crippen molar-refractivity contribution in [2.24, 2.45) is 0 Å². The highest BCUT2D eigenvalue weighted by atomic mass is 35.5. The largest absolute Gasteiger partial charge is 0.480 e. The zero-order valence-electron chi connectivity index (χ0n) is 14.1. The van der Waals surface area contributed by atoms with Gasteiger partial charge in [0.25, 0.3) is 0 Å². The van der Waals surface area contributed by atoms with Gasteiger partial charge in [-0.2, -0.15) is 26.3 Å². The minimum Gasteiger partial charge on any atom is -0.480 e. The Morgan fingerprint density at radius 1 is 1.07 bits per heavy atom. The number of alkyl halides is 7. The smallest absolute Gasteiger partial charge is 0.427 e. The molecule has 11 heteroatoms. The quantitative estimate of drug-likeness (QED) is 0.511. The number of hydrogen-bond acceptors (Lipinski definition) is 3. The molecule has 0 aliphatic carbocycles. The van der Waals surface area contributed by atoms with Gasteiger partial charge in [-0.15, -0.1) is 11.6 Å². The Kier molecular flexibility index (Phi) is 5.10. The molecule has 0 bridgehead atoms. The van der Waals surface area contributed by atoms with Crippen LogP contribution in [0.15, 0.2) is 42.5 Å². The van der Waals surface area contributed by atoms with Crippen LogP contribution in [0.5, 0.6) is 17.2 Å². The van der Waals surface area contributed by atoms with Gasteiger partial charge in [-0.3, -0.25) is 4.79 Å². The average molecular weight is 441 g/mol. The van der Waals surface area contributed by atoms with E-state index in [-0.39, 0.29) is 22.8 Å². The highest BCUT2D eigenvalue weighted by Gasteiger charge is 2.61. The van der Waals surface area contributed by atoms with Gasteiger partial charge in [0.05, 0.1) is 5.56 Å². The normalized spacial score (nSPS) is 21.8. The Hall–Kier alpha value is -2.62. The van der Waals surface area contributed by atoms with E-state index in [0.717, 1.165) is 30.3 Å². The van der Waals surface area contributed by atoms with Crippen molar-refractivity contribution < 1.29 is 45.7 Å². The maximum atomic E-state index is 13.2. The first-order valence-corrected chi connectivity index (χ1v) is 8.32. The van der Waals surface area contributed by atoms with Crippen LogP contribution in [0.2, 0.25) is 0 Å². The van der Waals surface area contributed by atoms with Crippen LogP contribution in [0.4, 0.5) is 26.3 Å². The highest BCUT2D eigenvalue weighted by molar-refractivity contribution is 6.34. The minimum atomic E-state index is -5.02. The molecule has 156 valence electrons. The molecular formula is C18H11ClF6O4. The van der Waals surface area contributed by atoms with E-state index in [1.807, 2.05) is 0 Å². The summed E-state index contributed by atoms with van der Waals surface area (Å²) >= 11 is 5.77. The van der Waals surface area contributed by atoms with Gasteiger partial charge in [-0.1, -0.05) is 0 Å². The van der Waals surface area contributed by atoms with Crippen LogP contribution in [-0.4, -0.2) is 28.2 Å². The van der Waals surface area contributed by atoms with E-state index in [9.17, 15) is 36.2 Å². The number of aliphatic carboxylic acids is 1. The molecule has 2 aromatic rings. The molecule has 1 N–H and O–H groups in total. The zero-order chi connectivity index (χ0) is 21.6. The third kappa shape index (κ3) is 4.21. The van der Waals surface area contributed by atoms with Crippen molar-refractivity contribution in [3.8, 4) is 17.2 Å². The monoisotopic (exact) mass is 440 g/mol. The van der Waals surface area contributed by atoms with Gasteiger partial charge in [0, 0.05) is 12.0 Å². The molecule has 1 heterocycles. The Morgan fingerprint density at radius 3 is 2.17 bits per heavy atom. The van der Waals surface area contributed by atoms with E-state index in [4.69, 9.17) is 21.1 Å². The Balaban J connectivity index is 1.88. The van der Waals surface area contributed by atoms with Gasteiger partial charge < -0.3 is 14.6 Å². The van der Waals surface area contributed by atoms with Crippen LogP contribution in [-0.2, 0) is 17.4 Å². The summed E-state index contributed by atoms with van der Waals surface area (Å²) in [5.41, 5.74) is -0.831. The fraction of sp³-hybridized carbons (Fsp3) is 0.278. The molecule has 2 unspecified atom stereocenters. The summed E-state index contributed by atoms with van der Waals surface area (Å²) in [5, 5.41) is 9.22. The lowest BCUT2D eigenvalue weighted by molar-refractivity contribution is -0.212. The van der Waals surface area contributed by atoms with E-state index in [0.29, 0.717) is 0 Å². The second-order valence-electron chi connectivity index (χ2n) is 6.28. The summed E-state index contributed by atoms with van der Waals surface area (Å²) in [6.45, 7) is 0. The predicted molar refractivity (Wildman–Crippen MR) is 88.4 cm³/mol. The average Bonchev–Trinajstić information content (AvgIpc) is 2.59. The highest BCUT2D eigenvalue weighted by Crippen LogP contribution is 2.45. The Morgan fingerprint density at radius 2 is 1.66 bits per heavy atom. The van der Waals surface area contributed by atoms with Gasteiger partial charge in [0.2, 0.25) is 6.10 Å². The van der Waals surface area contributed by atoms with Crippen molar-refractivity contribution in [2.75, 3.05) is 0 Å². The molecule has 3 rings (SSSR count). The van der Waals surface area contributed by atoms with E-state index < -0.39 is 41.3 Å². The predicted octanol–water partition coefficient (Wildman–Crippen LogP) is 5.43. The number of benzene rings is 2. The third-order valence-electron chi connectivity index (χ3n) is 4.21. The van der Waals surface area contributed by atoms with E-state index >= 15 is 0 Å². The molecule has 1 aliphatic heterocycles. The molecule has 0 aromatic heterocycles. The number of ether oxygens (including phenoxy) is 2. The summed E-state index contributed by atoms with van der Waals surface area (Å²) in [6.07, 6.45) is -13.0. The standard InChI is InChI=1S/C18H11ClF6O4/c19-16(15(26)27)8-9-7-12(5-6-13(9)29-14(16)18(23,24)25)28-11-3-1-10(2-4-11)17(20,21)22/h1-7,14H,8H2,(H,26,27). The van der Waals surface area contributed by atoms with Crippen molar-refractivity contribution in [1.29, 1.82) is 0 Å². The molecule has 0 saturated heterocycles. The molecule has 2 atom stereocenters. The molecule has 29 heavy (non-hydrogen) atoms. The first-order chi connectivity index (χ1) is 13.3. The molecule has 1 aliphatic rings. The summed E-state index contributed by atoms with van der Waals surface area (Å²) in [7, 11) is 0. The summed E-state index contributed by atoms with van der Waals surface area (Å²) in [4.78, 5) is 8.62. The van der Waals surface area contributed by atoms with E-state index in [1.54, 1.807) is 0 Å². The second-order valence-corrected chi connectivity index (χ2v) is 6.95. The summed E-state index contributed by atoms with van der Waals surface area (Å²) < 4.78 is 87.6. The van der Waals surface area contributed by atoms with E-state index in [2.05, 4.69) is 0 Å². The maximum absolute atomic E-state index is 13.2. The number of hydrogen-bond donors (Lipinski definition) is 1. The van der Waals surface area contributed by atoms with Gasteiger partial charge in [0.15, 0.2) is 4.87 Å². The minimum absolute atomic E-state index is 0.0400. The van der Waals surface area contributed by atoms with Crippen LogP contribution in [0.25, 0.3) is 0 Å². The number of halogens is 7. The molecule has 0 saturated carbocycles. The molecule has 0 spiro atoms. The molecule has 4 nitrogen and oxygen atoms in total. The summed E-state index contributed by atoms with van der Waals surface area (Å²) in [6, 6.07) is 7.36. The fourth-order valence-corrected chi connectivity index (χ4v) is 3.14. The van der Waals surface area contributed by atoms with Gasteiger partial charge in [-0.25, -0.2) is 0 Å². The first-order valence-electron chi connectivity index (χ1n) is 7.94. The van der Waals surface area contributed by atoms with E-state index in [1.165, 1.54) is 12.1 Å². The fourth-order valence-electron chi connectivity index (χ4n) is 2.82. The SMILES string of the molecule is O=C(O)C1(Cl)Cc2cc(Oc3ccc(C(F)(F)F)cc3)ccc2OC1C(F)(F)F. The Bertz CT molecular complexity index is 925. The lowest BCUT2D eigenvalue weighted by Crippen LogP contribution is -2.58. The van der Waals surface area contributed by atoms with Crippen molar-refractivity contribution in [3.05, 3.63) is 53.6 Å². The maximum Gasteiger partial charge on any atom is 0.427 e. The second kappa shape index (κ2) is 7.01. The molecule has 2 aromatic carbocycles. The van der Waals surface area contributed by atoms with Crippen molar-refractivity contribution in [3.63, 3.8) is 0 Å². The third-order valence-corrected chi connectivity index (χ3v) is 4.70. The lowest BCUT2D eigenvalue weighted by Gasteiger charge is -2.37. The number of carboxylic acids is 1. The Labute approximate surface area is 164 Å². The topological polar surface area (TPSA) is 55.8 Å². The van der Waals surface area contributed by atoms with Gasteiger partial charge in [0.1, 0.15) is 17.2 Å². The van der Waals surface area contributed by atoms with Crippen LogP contribution in [0.3, 0.4) is 0 Å². The molecule has 0 fully saturated rings. The molecular weight excluding hydrogens is 430 g/mol. The van der Waals surface area contributed by atoms with Crippen molar-refractivity contribution >= 4 is 17.6 Å². The first kappa shape index (κ1) is 21.1. The number of rotatable bonds is 3. The van der Waals surface area contributed by atoms with Crippen molar-refractivity contribution in [1.82, 2.24) is 0 Å². The molecule has 0 amide bonds. The van der Waals surface area contributed by atoms with Gasteiger partial charge in [-0.05, 0) is 42.5 Å². The van der Waals surface area contributed by atoms with Crippen molar-refractivity contribution in [2.45, 2.75) is 29.8 Å². The summed E-state index contributed by atoms with van der Waals surface area (Å²) in [5.74, 6) is -2.02. The van der Waals surface area contributed by atoms with Crippen LogP contribution < -0.4 is 9.47 Å². The number of carboxylic acid groups (broad SMARTS) is 1. The number of carbonyl (C=O) groups is 1. The van der Waals surface area contributed by atoms with Crippen LogP contribution >= 0.6 is 11.6 Å².